The number of fused-ring (bicyclic) bond motifs is 4. The number of halogens is 6. The molecule has 14 heteroatoms. The fourth-order valence-corrected chi connectivity index (χ4v) is 7.98. The van der Waals surface area contributed by atoms with E-state index in [2.05, 4.69) is 11.8 Å². The number of hydrogen-bond donors (Lipinski definition) is 0. The van der Waals surface area contributed by atoms with Gasteiger partial charge in [-0.15, -0.1) is 12.8 Å². The van der Waals surface area contributed by atoms with Crippen LogP contribution in [-0.2, 0) is 21.9 Å². The van der Waals surface area contributed by atoms with Gasteiger partial charge in [-0.05, 0) is 73.5 Å². The van der Waals surface area contributed by atoms with Gasteiger partial charge in [0.25, 0.3) is 11.8 Å². The van der Waals surface area contributed by atoms with Gasteiger partial charge in [0.05, 0.1) is 33.9 Å². The number of carbonyl (C=O) groups is 2. The minimum Gasteiger partial charge on any atom is -0.480 e. The monoisotopic (exact) mass is 870 g/mol. The van der Waals surface area contributed by atoms with Gasteiger partial charge >= 0.3 is 12.4 Å². The molecule has 2 amide bonds. The number of terminal acetylenes is 2. The third-order valence-corrected chi connectivity index (χ3v) is 11.0. The van der Waals surface area contributed by atoms with Crippen molar-refractivity contribution in [2.24, 2.45) is 9.98 Å². The first-order valence-electron chi connectivity index (χ1n) is 20.2. The molecule has 0 N–H and O–H groups in total. The third kappa shape index (κ3) is 8.47. The normalized spacial score (nSPS) is 14.9. The summed E-state index contributed by atoms with van der Waals surface area (Å²) in [4.78, 5) is 40.0. The zero-order chi connectivity index (χ0) is 45.2. The number of unbranched alkanes of at least 4 members (excludes halogenated alkanes) is 3. The van der Waals surface area contributed by atoms with Crippen molar-refractivity contribution >= 4 is 67.5 Å². The predicted octanol–water partition coefficient (Wildman–Crippen LogP) is 11.2. The van der Waals surface area contributed by atoms with Gasteiger partial charge in [0, 0.05) is 45.8 Å². The number of aliphatic imine (C=N–C) groups is 2. The van der Waals surface area contributed by atoms with Gasteiger partial charge in [0.15, 0.2) is 0 Å². The van der Waals surface area contributed by atoms with Gasteiger partial charge in [-0.25, -0.2) is 9.98 Å². The van der Waals surface area contributed by atoms with Crippen LogP contribution >= 0.6 is 0 Å². The van der Waals surface area contributed by atoms with E-state index in [0.29, 0.717) is 70.1 Å². The van der Waals surface area contributed by atoms with Crippen LogP contribution in [0.3, 0.4) is 0 Å². The Morgan fingerprint density at radius 2 is 0.906 bits per heavy atom. The summed E-state index contributed by atoms with van der Waals surface area (Å²) in [5.74, 6) is 4.72. The van der Waals surface area contributed by atoms with Crippen LogP contribution in [0, 0.1) is 24.7 Å². The highest BCUT2D eigenvalue weighted by Gasteiger charge is 2.40. The van der Waals surface area contributed by atoms with Crippen molar-refractivity contribution in [2.45, 2.75) is 38.0 Å². The first kappa shape index (κ1) is 43.1. The Morgan fingerprint density at radius 3 is 1.30 bits per heavy atom. The molecular weight excluding hydrogens is 835 g/mol. The molecule has 0 unspecified atom stereocenters. The maximum Gasteiger partial charge on any atom is 0.416 e. The molecule has 0 bridgehead atoms. The van der Waals surface area contributed by atoms with E-state index in [9.17, 15) is 35.9 Å². The summed E-state index contributed by atoms with van der Waals surface area (Å²) < 4.78 is 95.0. The van der Waals surface area contributed by atoms with Crippen molar-refractivity contribution < 1.29 is 45.4 Å². The Morgan fingerprint density at radius 1 is 0.516 bits per heavy atom. The van der Waals surface area contributed by atoms with Gasteiger partial charge in [-0.2, -0.15) is 26.3 Å². The summed E-state index contributed by atoms with van der Waals surface area (Å²) in [5, 5.41) is 2.66. The molecule has 0 saturated carbocycles. The molecule has 64 heavy (non-hydrogen) atoms. The van der Waals surface area contributed by atoms with Crippen LogP contribution in [0.1, 0.15) is 47.9 Å². The minimum atomic E-state index is -4.67. The number of rotatable bonds is 13. The maximum atomic E-state index is 14.0. The van der Waals surface area contributed by atoms with Crippen LogP contribution in [-0.4, -0.2) is 49.5 Å². The Labute approximate surface area is 363 Å². The Bertz CT molecular complexity index is 2780. The maximum absolute atomic E-state index is 14.0. The number of hydrogen-bond acceptors (Lipinski definition) is 6. The molecule has 6 aromatic rings. The molecule has 8 rings (SSSR count). The molecule has 0 saturated heterocycles. The summed E-state index contributed by atoms with van der Waals surface area (Å²) in [6.07, 6.45) is 3.11. The Balaban J connectivity index is 1.000. The van der Waals surface area contributed by atoms with Gasteiger partial charge in [-0.3, -0.25) is 9.59 Å². The van der Waals surface area contributed by atoms with E-state index in [0.717, 1.165) is 24.3 Å². The number of anilines is 2. The molecule has 2 aliphatic rings. The van der Waals surface area contributed by atoms with Crippen LogP contribution in [0.2, 0.25) is 0 Å². The Kier molecular flexibility index (Phi) is 11.9. The van der Waals surface area contributed by atoms with E-state index in [1.807, 2.05) is 12.1 Å². The smallest absolute Gasteiger partial charge is 0.416 e. The lowest BCUT2D eigenvalue weighted by Crippen LogP contribution is -2.31. The fraction of sp³-hybridized carbons (Fsp3) is 0.200. The van der Waals surface area contributed by atoms with Crippen LogP contribution in [0.4, 0.5) is 49.1 Å². The predicted molar refractivity (Wildman–Crippen MR) is 235 cm³/mol. The van der Waals surface area contributed by atoms with E-state index in [4.69, 9.17) is 32.3 Å². The van der Waals surface area contributed by atoms with E-state index in [1.165, 1.54) is 21.9 Å². The molecule has 0 fully saturated rings. The second-order valence-corrected chi connectivity index (χ2v) is 15.0. The first-order valence-corrected chi connectivity index (χ1v) is 20.2. The van der Waals surface area contributed by atoms with Gasteiger partial charge in [0.2, 0.25) is 0 Å². The number of ether oxygens (including phenoxy) is 2. The van der Waals surface area contributed by atoms with E-state index >= 15 is 0 Å². The molecular formula is C50H36F6N4O4. The summed E-state index contributed by atoms with van der Waals surface area (Å²) >= 11 is 0. The zero-order valence-electron chi connectivity index (χ0n) is 33.9. The summed E-state index contributed by atoms with van der Waals surface area (Å²) in [7, 11) is 0. The van der Waals surface area contributed by atoms with E-state index in [1.54, 1.807) is 60.7 Å². The van der Waals surface area contributed by atoms with Crippen molar-refractivity contribution in [1.29, 1.82) is 0 Å². The number of alkyl halides is 6. The fourth-order valence-electron chi connectivity index (χ4n) is 7.98. The van der Waals surface area contributed by atoms with Gasteiger partial charge in [0.1, 0.15) is 36.1 Å². The SMILES string of the molecule is C#CCOc1cccc2c(N=C3C(=O)N(CCCCCCN4C(=O)C(=Nc5cccc6c(OCC#C)cccc56)c5ccc(C(F)(F)F)cc54)c4cc(C(F)(F)F)ccc43)cccc12. The van der Waals surface area contributed by atoms with Crippen LogP contribution in [0.5, 0.6) is 11.5 Å². The second kappa shape index (κ2) is 17.7. The van der Waals surface area contributed by atoms with Crippen LogP contribution in [0.15, 0.2) is 119 Å². The standard InChI is InChI=1S/C50H36F6N4O4/c1-3-27-63-43-19-11-13-33-35(43)15-9-17-39(33)57-45-37-23-21-31(49(51,52)53)29-41(37)59(47(45)61)25-7-5-6-8-26-60-42-30-32(50(54,55)56)22-24-38(42)46(48(60)62)58-40-18-10-16-36-34(40)14-12-20-44(36)64-28-4-2/h1-2,9-24,29-30H,5-8,25-28H2. The average Bonchev–Trinajstić information content (AvgIpc) is 3.69. The van der Waals surface area contributed by atoms with Crippen molar-refractivity contribution in [1.82, 2.24) is 0 Å². The molecule has 6 aromatic carbocycles. The summed E-state index contributed by atoms with van der Waals surface area (Å²) in [6.45, 7) is 0.179. The summed E-state index contributed by atoms with van der Waals surface area (Å²) in [5.41, 5.74) is -0.416. The molecule has 2 heterocycles. The number of amides is 2. The number of benzene rings is 6. The third-order valence-electron chi connectivity index (χ3n) is 11.0. The average molecular weight is 871 g/mol. The molecule has 0 aliphatic carbocycles. The van der Waals surface area contributed by atoms with Gasteiger partial charge < -0.3 is 19.3 Å². The number of nitrogens with zero attached hydrogens (tertiary/aromatic N) is 4. The molecule has 8 nitrogen and oxygen atoms in total. The highest BCUT2D eigenvalue weighted by molar-refractivity contribution is 6.55. The highest BCUT2D eigenvalue weighted by Crippen LogP contribution is 2.41. The molecule has 2 aliphatic heterocycles. The van der Waals surface area contributed by atoms with Crippen LogP contribution in [0.25, 0.3) is 21.5 Å². The Hall–Kier alpha value is -7.58. The second-order valence-electron chi connectivity index (χ2n) is 15.0. The highest BCUT2D eigenvalue weighted by atomic mass is 19.4. The van der Waals surface area contributed by atoms with Crippen molar-refractivity contribution in [3.8, 4) is 36.2 Å². The lowest BCUT2D eigenvalue weighted by molar-refractivity contribution is -0.138. The summed E-state index contributed by atoms with van der Waals surface area (Å²) in [6, 6.07) is 27.2. The minimum absolute atomic E-state index is 0.0192. The lowest BCUT2D eigenvalue weighted by Gasteiger charge is -2.19. The van der Waals surface area contributed by atoms with Crippen molar-refractivity contribution in [2.75, 3.05) is 36.1 Å². The van der Waals surface area contributed by atoms with Crippen LogP contribution < -0.4 is 19.3 Å². The molecule has 0 spiro atoms. The first-order chi connectivity index (χ1) is 30.8. The van der Waals surface area contributed by atoms with Crippen molar-refractivity contribution in [3.05, 3.63) is 131 Å². The topological polar surface area (TPSA) is 83.8 Å². The van der Waals surface area contributed by atoms with Gasteiger partial charge in [-0.1, -0.05) is 73.2 Å². The molecule has 0 atom stereocenters. The van der Waals surface area contributed by atoms with E-state index in [-0.39, 0.29) is 60.2 Å². The van der Waals surface area contributed by atoms with E-state index < -0.39 is 35.3 Å². The number of carbonyl (C=O) groups excluding carboxylic acids is 2. The van der Waals surface area contributed by atoms with Crippen molar-refractivity contribution in [3.63, 3.8) is 0 Å². The zero-order valence-corrected chi connectivity index (χ0v) is 33.9. The lowest BCUT2D eigenvalue weighted by atomic mass is 10.1. The quantitative estimate of drug-likeness (QED) is 0.0657. The molecule has 0 aromatic heterocycles. The molecule has 322 valence electrons. The molecule has 0 radical (unpaired) electrons. The largest absolute Gasteiger partial charge is 0.480 e.